The second-order valence-corrected chi connectivity index (χ2v) is 9.57. The smallest absolute Gasteiger partial charge is 0.414 e. The average molecular weight is 434 g/mol. The molecule has 29 heavy (non-hydrogen) atoms. The van der Waals surface area contributed by atoms with Crippen LogP contribution in [-0.2, 0) is 4.74 Å². The summed E-state index contributed by atoms with van der Waals surface area (Å²) in [5, 5.41) is 10.6. The van der Waals surface area contributed by atoms with Crippen LogP contribution in [-0.4, -0.2) is 29.9 Å². The van der Waals surface area contributed by atoms with Crippen molar-refractivity contribution in [3.8, 4) is 0 Å². The van der Waals surface area contributed by atoms with Gasteiger partial charge in [0.2, 0.25) is 0 Å². The van der Waals surface area contributed by atoms with E-state index in [0.29, 0.717) is 10.6 Å². The number of imide groups is 1. The van der Waals surface area contributed by atoms with Gasteiger partial charge in [-0.1, -0.05) is 32.5 Å². The highest BCUT2D eigenvalue weighted by atomic mass is 32.2. The lowest BCUT2D eigenvalue weighted by molar-refractivity contribution is 0.0926. The van der Waals surface area contributed by atoms with Crippen LogP contribution >= 0.6 is 23.1 Å². The average Bonchev–Trinajstić information content (AvgIpc) is 3.27. The van der Waals surface area contributed by atoms with Gasteiger partial charge >= 0.3 is 6.09 Å². The van der Waals surface area contributed by atoms with Crippen LogP contribution in [0.3, 0.4) is 0 Å². The highest BCUT2D eigenvalue weighted by Gasteiger charge is 2.32. The van der Waals surface area contributed by atoms with Gasteiger partial charge in [0.05, 0.1) is 17.5 Å². The molecule has 154 valence electrons. The second-order valence-electron chi connectivity index (χ2n) is 7.51. The summed E-state index contributed by atoms with van der Waals surface area (Å²) in [6.07, 6.45) is -0.823. The predicted molar refractivity (Wildman–Crippen MR) is 116 cm³/mol. The van der Waals surface area contributed by atoms with Gasteiger partial charge in [-0.15, -0.1) is 11.3 Å². The van der Waals surface area contributed by atoms with Gasteiger partial charge in [0, 0.05) is 16.1 Å². The Kier molecular flexibility index (Phi) is 6.18. The quantitative estimate of drug-likeness (QED) is 0.642. The standard InChI is InChI=1S/C20H23N3O4S2/c1-5-27-19(26)23-16(25)12-8-9-28-17(12)22-15(24)11-6-7-14-13(10-11)21-18(29-14)20(2,3)4/h6-10,18,21H,5H2,1-4H3,(H,22,24)(H,23,25,26). The summed E-state index contributed by atoms with van der Waals surface area (Å²) in [4.78, 5) is 37.5. The normalized spacial score (nSPS) is 15.2. The molecule has 2 aromatic rings. The van der Waals surface area contributed by atoms with E-state index in [1.165, 1.54) is 11.3 Å². The number of thioether (sulfide) groups is 1. The maximum atomic E-state index is 12.7. The van der Waals surface area contributed by atoms with Crippen LogP contribution in [0.25, 0.3) is 0 Å². The van der Waals surface area contributed by atoms with Crippen LogP contribution in [0.4, 0.5) is 15.5 Å². The van der Waals surface area contributed by atoms with Gasteiger partial charge in [0.15, 0.2) is 0 Å². The fourth-order valence-corrected chi connectivity index (χ4v) is 4.63. The number of carbonyl (C=O) groups is 3. The lowest BCUT2D eigenvalue weighted by Gasteiger charge is -2.26. The van der Waals surface area contributed by atoms with Crippen LogP contribution in [0.1, 0.15) is 48.4 Å². The molecule has 2 heterocycles. The Morgan fingerprint density at radius 3 is 2.62 bits per heavy atom. The van der Waals surface area contributed by atoms with Crippen molar-refractivity contribution in [2.24, 2.45) is 5.41 Å². The zero-order valence-corrected chi connectivity index (χ0v) is 18.3. The fraction of sp³-hybridized carbons (Fsp3) is 0.350. The minimum absolute atomic E-state index is 0.0737. The molecule has 1 unspecified atom stereocenters. The molecule has 1 aliphatic heterocycles. The molecule has 3 amide bonds. The summed E-state index contributed by atoms with van der Waals surface area (Å²) in [6, 6.07) is 7.05. The van der Waals surface area contributed by atoms with Gasteiger partial charge < -0.3 is 15.4 Å². The summed E-state index contributed by atoms with van der Waals surface area (Å²) < 4.78 is 4.71. The maximum absolute atomic E-state index is 12.7. The lowest BCUT2D eigenvalue weighted by Crippen LogP contribution is -2.31. The molecule has 3 N–H and O–H groups in total. The maximum Gasteiger partial charge on any atom is 0.414 e. The summed E-state index contributed by atoms with van der Waals surface area (Å²) in [7, 11) is 0. The van der Waals surface area contributed by atoms with E-state index in [1.807, 2.05) is 12.1 Å². The van der Waals surface area contributed by atoms with Crippen molar-refractivity contribution in [1.29, 1.82) is 0 Å². The molecule has 0 fully saturated rings. The largest absolute Gasteiger partial charge is 0.450 e. The molecule has 1 atom stereocenters. The monoisotopic (exact) mass is 433 g/mol. The van der Waals surface area contributed by atoms with Gasteiger partial charge in [0.25, 0.3) is 11.8 Å². The zero-order chi connectivity index (χ0) is 21.2. The first-order chi connectivity index (χ1) is 13.7. The summed E-state index contributed by atoms with van der Waals surface area (Å²) in [5.74, 6) is -0.952. The molecule has 3 rings (SSSR count). The van der Waals surface area contributed by atoms with E-state index in [1.54, 1.807) is 36.2 Å². The third kappa shape index (κ3) is 4.91. The minimum atomic E-state index is -0.823. The van der Waals surface area contributed by atoms with Gasteiger partial charge in [-0.3, -0.25) is 14.9 Å². The number of fused-ring (bicyclic) bond motifs is 1. The van der Waals surface area contributed by atoms with Gasteiger partial charge in [0.1, 0.15) is 5.00 Å². The molecule has 0 radical (unpaired) electrons. The van der Waals surface area contributed by atoms with E-state index >= 15 is 0 Å². The van der Waals surface area contributed by atoms with Crippen molar-refractivity contribution in [1.82, 2.24) is 5.32 Å². The Hall–Kier alpha value is -2.52. The molecule has 0 saturated carbocycles. The number of amides is 3. The first kappa shape index (κ1) is 21.2. The molecule has 1 aromatic heterocycles. The summed E-state index contributed by atoms with van der Waals surface area (Å²) in [5.41, 5.74) is 1.69. The third-order valence-electron chi connectivity index (χ3n) is 4.19. The van der Waals surface area contributed by atoms with Crippen molar-refractivity contribution in [2.45, 2.75) is 38.0 Å². The van der Waals surface area contributed by atoms with Crippen molar-refractivity contribution >= 4 is 51.7 Å². The Morgan fingerprint density at radius 2 is 1.93 bits per heavy atom. The molecule has 1 aromatic carbocycles. The molecular formula is C20H23N3O4S2. The first-order valence-corrected chi connectivity index (χ1v) is 10.9. The predicted octanol–water partition coefficient (Wildman–Crippen LogP) is 4.78. The van der Waals surface area contributed by atoms with Crippen molar-refractivity contribution in [3.63, 3.8) is 0 Å². The molecule has 9 heteroatoms. The Balaban J connectivity index is 1.71. The topological polar surface area (TPSA) is 96.5 Å². The highest BCUT2D eigenvalue weighted by molar-refractivity contribution is 8.00. The number of anilines is 2. The molecule has 7 nitrogen and oxygen atoms in total. The van der Waals surface area contributed by atoms with Crippen LogP contribution in [0.5, 0.6) is 0 Å². The number of thiophene rings is 1. The molecule has 0 aliphatic carbocycles. The third-order valence-corrected chi connectivity index (χ3v) is 6.69. The van der Waals surface area contributed by atoms with Crippen LogP contribution in [0.15, 0.2) is 34.5 Å². The van der Waals surface area contributed by atoms with E-state index in [-0.39, 0.29) is 28.9 Å². The molecule has 1 aliphatic rings. The summed E-state index contributed by atoms with van der Waals surface area (Å²) in [6.45, 7) is 8.30. The molecule has 0 bridgehead atoms. The van der Waals surface area contributed by atoms with Crippen molar-refractivity contribution in [2.75, 3.05) is 17.2 Å². The van der Waals surface area contributed by atoms with Crippen LogP contribution in [0.2, 0.25) is 0 Å². The Labute approximate surface area is 177 Å². The highest BCUT2D eigenvalue weighted by Crippen LogP contribution is 2.45. The lowest BCUT2D eigenvalue weighted by atomic mass is 9.96. The number of hydrogen-bond acceptors (Lipinski definition) is 7. The van der Waals surface area contributed by atoms with E-state index in [2.05, 4.69) is 36.7 Å². The van der Waals surface area contributed by atoms with E-state index < -0.39 is 12.0 Å². The number of rotatable bonds is 4. The molecular weight excluding hydrogens is 410 g/mol. The fourth-order valence-electron chi connectivity index (χ4n) is 2.67. The second kappa shape index (κ2) is 8.46. The number of benzene rings is 1. The van der Waals surface area contributed by atoms with Crippen molar-refractivity contribution < 1.29 is 19.1 Å². The van der Waals surface area contributed by atoms with E-state index in [4.69, 9.17) is 4.74 Å². The summed E-state index contributed by atoms with van der Waals surface area (Å²) >= 11 is 2.95. The molecule has 0 saturated heterocycles. The number of carbonyl (C=O) groups excluding carboxylic acids is 3. The first-order valence-electron chi connectivity index (χ1n) is 9.13. The van der Waals surface area contributed by atoms with Crippen LogP contribution < -0.4 is 16.0 Å². The van der Waals surface area contributed by atoms with E-state index in [0.717, 1.165) is 10.6 Å². The number of alkyl carbamates (subject to hydrolysis) is 1. The Morgan fingerprint density at radius 1 is 1.17 bits per heavy atom. The number of ether oxygens (including phenoxy) is 1. The minimum Gasteiger partial charge on any atom is -0.450 e. The van der Waals surface area contributed by atoms with Gasteiger partial charge in [-0.2, -0.15) is 0 Å². The number of nitrogens with one attached hydrogen (secondary N) is 3. The van der Waals surface area contributed by atoms with Crippen molar-refractivity contribution in [3.05, 3.63) is 40.8 Å². The Bertz CT molecular complexity index is 949. The van der Waals surface area contributed by atoms with Crippen LogP contribution in [0, 0.1) is 5.41 Å². The SMILES string of the molecule is CCOC(=O)NC(=O)c1ccsc1NC(=O)c1ccc2c(c1)NC(C(C)(C)C)S2. The zero-order valence-electron chi connectivity index (χ0n) is 16.6. The van der Waals surface area contributed by atoms with E-state index in [9.17, 15) is 14.4 Å². The van der Waals surface area contributed by atoms with Gasteiger partial charge in [-0.25, -0.2) is 4.79 Å². The number of hydrogen-bond donors (Lipinski definition) is 3. The molecule has 0 spiro atoms. The van der Waals surface area contributed by atoms with Gasteiger partial charge in [-0.05, 0) is 42.0 Å².